The molecule has 0 aliphatic carbocycles. The van der Waals surface area contributed by atoms with E-state index >= 15 is 0 Å². The Bertz CT molecular complexity index is 472. The fourth-order valence-corrected chi connectivity index (χ4v) is 3.63. The fraction of sp³-hybridized carbons (Fsp3) is 0.625. The van der Waals surface area contributed by atoms with E-state index in [1.165, 1.54) is 25.3 Å². The zero-order valence-corrected chi connectivity index (χ0v) is 12.1. The van der Waals surface area contributed by atoms with Crippen molar-refractivity contribution in [3.8, 4) is 5.75 Å². The predicted octanol–water partition coefficient (Wildman–Crippen LogP) is 2.41. The second kappa shape index (κ2) is 5.70. The van der Waals surface area contributed by atoms with Gasteiger partial charge in [0.2, 0.25) is 0 Å². The molecule has 0 aromatic heterocycles. The molecule has 1 spiro atoms. The molecule has 3 rings (SSSR count). The van der Waals surface area contributed by atoms with Crippen molar-refractivity contribution in [1.82, 2.24) is 10.2 Å². The van der Waals surface area contributed by atoms with Crippen LogP contribution in [0.3, 0.4) is 0 Å². The average molecular weight is 278 g/mol. The van der Waals surface area contributed by atoms with Crippen LogP contribution in [0.1, 0.15) is 24.8 Å². The number of methoxy groups -OCH3 is 1. The number of ether oxygens (including phenoxy) is 1. The molecule has 0 bridgehead atoms. The van der Waals surface area contributed by atoms with E-state index < -0.39 is 0 Å². The summed E-state index contributed by atoms with van der Waals surface area (Å²) in [5, 5.41) is 3.48. The summed E-state index contributed by atoms with van der Waals surface area (Å²) < 4.78 is 19.1. The van der Waals surface area contributed by atoms with Crippen molar-refractivity contribution in [2.75, 3.05) is 33.3 Å². The Hall–Kier alpha value is -1.13. The molecule has 2 saturated heterocycles. The molecule has 2 heterocycles. The third-order valence-corrected chi connectivity index (χ3v) is 4.72. The molecule has 2 aliphatic rings. The third-order valence-electron chi connectivity index (χ3n) is 4.72. The Balaban J connectivity index is 1.71. The number of piperidine rings is 1. The van der Waals surface area contributed by atoms with E-state index in [-0.39, 0.29) is 5.82 Å². The Morgan fingerprint density at radius 1 is 1.40 bits per heavy atom. The number of likely N-dealkylation sites (tertiary alicyclic amines) is 1. The molecule has 20 heavy (non-hydrogen) atoms. The quantitative estimate of drug-likeness (QED) is 0.919. The highest BCUT2D eigenvalue weighted by Crippen LogP contribution is 2.36. The molecule has 4 heteroatoms. The summed E-state index contributed by atoms with van der Waals surface area (Å²) >= 11 is 0. The molecular weight excluding hydrogens is 255 g/mol. The van der Waals surface area contributed by atoms with Gasteiger partial charge in [-0.1, -0.05) is 0 Å². The highest BCUT2D eigenvalue weighted by Gasteiger charge is 2.37. The highest BCUT2D eigenvalue weighted by atomic mass is 19.1. The van der Waals surface area contributed by atoms with Crippen molar-refractivity contribution in [2.24, 2.45) is 5.41 Å². The van der Waals surface area contributed by atoms with Gasteiger partial charge in [-0.2, -0.15) is 0 Å². The maximum atomic E-state index is 13.9. The van der Waals surface area contributed by atoms with Crippen LogP contribution in [0.15, 0.2) is 18.2 Å². The summed E-state index contributed by atoms with van der Waals surface area (Å²) in [7, 11) is 1.62. The van der Waals surface area contributed by atoms with Crippen LogP contribution in [0.4, 0.5) is 4.39 Å². The van der Waals surface area contributed by atoms with Crippen LogP contribution in [0.5, 0.6) is 5.75 Å². The van der Waals surface area contributed by atoms with Gasteiger partial charge in [0.1, 0.15) is 11.6 Å². The number of halogens is 1. The van der Waals surface area contributed by atoms with Gasteiger partial charge in [0.15, 0.2) is 0 Å². The zero-order chi connectivity index (χ0) is 14.0. The molecule has 3 nitrogen and oxygen atoms in total. The highest BCUT2D eigenvalue weighted by molar-refractivity contribution is 5.29. The first kappa shape index (κ1) is 13.8. The van der Waals surface area contributed by atoms with Crippen molar-refractivity contribution in [3.63, 3.8) is 0 Å². The largest absolute Gasteiger partial charge is 0.497 e. The molecule has 1 N–H and O–H groups in total. The first-order chi connectivity index (χ1) is 9.71. The number of rotatable bonds is 3. The minimum Gasteiger partial charge on any atom is -0.497 e. The summed E-state index contributed by atoms with van der Waals surface area (Å²) in [6.07, 6.45) is 3.77. The summed E-state index contributed by atoms with van der Waals surface area (Å²) in [6.45, 7) is 5.07. The Kier molecular flexibility index (Phi) is 3.94. The van der Waals surface area contributed by atoms with Crippen molar-refractivity contribution >= 4 is 0 Å². The molecule has 0 amide bonds. The van der Waals surface area contributed by atoms with Crippen LogP contribution >= 0.6 is 0 Å². The van der Waals surface area contributed by atoms with Gasteiger partial charge in [-0.15, -0.1) is 0 Å². The van der Waals surface area contributed by atoms with Crippen molar-refractivity contribution in [2.45, 2.75) is 25.8 Å². The smallest absolute Gasteiger partial charge is 0.127 e. The molecule has 0 unspecified atom stereocenters. The van der Waals surface area contributed by atoms with Crippen LogP contribution in [0, 0.1) is 11.2 Å². The second-order valence-electron chi connectivity index (χ2n) is 6.20. The standard InChI is InChI=1S/C16H23FN2O/c1-20-14-3-4-15(17)13(9-14)10-19-8-2-5-16(12-19)6-7-18-11-16/h3-4,9,18H,2,5-8,10-12H2,1H3/t16-/m0/s1. The van der Waals surface area contributed by atoms with E-state index in [9.17, 15) is 4.39 Å². The lowest BCUT2D eigenvalue weighted by molar-refractivity contribution is 0.0968. The predicted molar refractivity (Wildman–Crippen MR) is 77.4 cm³/mol. The lowest BCUT2D eigenvalue weighted by Crippen LogP contribution is -2.44. The van der Waals surface area contributed by atoms with Gasteiger partial charge in [0.05, 0.1) is 7.11 Å². The van der Waals surface area contributed by atoms with Gasteiger partial charge in [-0.05, 0) is 56.0 Å². The lowest BCUT2D eigenvalue weighted by Gasteiger charge is -2.40. The molecule has 2 fully saturated rings. The summed E-state index contributed by atoms with van der Waals surface area (Å²) in [6, 6.07) is 5.01. The maximum absolute atomic E-state index is 13.9. The number of nitrogens with zero attached hydrogens (tertiary/aromatic N) is 1. The first-order valence-electron chi connectivity index (χ1n) is 7.46. The molecular formula is C16H23FN2O. The van der Waals surface area contributed by atoms with Gasteiger partial charge in [-0.25, -0.2) is 4.39 Å². The van der Waals surface area contributed by atoms with E-state index in [4.69, 9.17) is 4.74 Å². The monoisotopic (exact) mass is 278 g/mol. The van der Waals surface area contributed by atoms with Crippen LogP contribution in [0.25, 0.3) is 0 Å². The molecule has 0 radical (unpaired) electrons. The van der Waals surface area contributed by atoms with Crippen molar-refractivity contribution in [3.05, 3.63) is 29.6 Å². The Morgan fingerprint density at radius 3 is 3.05 bits per heavy atom. The normalized spacial score (nSPS) is 27.1. The topological polar surface area (TPSA) is 24.5 Å². The van der Waals surface area contributed by atoms with Gasteiger partial charge < -0.3 is 10.1 Å². The van der Waals surface area contributed by atoms with Crippen LogP contribution in [-0.4, -0.2) is 38.2 Å². The van der Waals surface area contributed by atoms with Crippen LogP contribution in [-0.2, 0) is 6.54 Å². The zero-order valence-electron chi connectivity index (χ0n) is 12.1. The summed E-state index contributed by atoms with van der Waals surface area (Å²) in [5.41, 5.74) is 1.17. The van der Waals surface area contributed by atoms with E-state index in [0.717, 1.165) is 37.5 Å². The molecule has 1 aromatic rings. The first-order valence-corrected chi connectivity index (χ1v) is 7.46. The van der Waals surface area contributed by atoms with Crippen molar-refractivity contribution < 1.29 is 9.13 Å². The molecule has 2 aliphatic heterocycles. The summed E-state index contributed by atoms with van der Waals surface area (Å²) in [4.78, 5) is 2.40. The van der Waals surface area contributed by atoms with E-state index in [2.05, 4.69) is 10.2 Å². The molecule has 1 aromatic carbocycles. The number of nitrogens with one attached hydrogen (secondary N) is 1. The second-order valence-corrected chi connectivity index (χ2v) is 6.20. The Labute approximate surface area is 120 Å². The van der Waals surface area contributed by atoms with E-state index in [0.29, 0.717) is 12.0 Å². The van der Waals surface area contributed by atoms with Gasteiger partial charge in [-0.3, -0.25) is 4.90 Å². The van der Waals surface area contributed by atoms with E-state index in [1.807, 2.05) is 6.07 Å². The molecule has 0 saturated carbocycles. The SMILES string of the molecule is COc1ccc(F)c(CN2CCC[C@@]3(CCNC3)C2)c1. The minimum absolute atomic E-state index is 0.130. The van der Waals surface area contributed by atoms with Crippen LogP contribution < -0.4 is 10.1 Å². The number of hydrogen-bond acceptors (Lipinski definition) is 3. The van der Waals surface area contributed by atoms with E-state index in [1.54, 1.807) is 13.2 Å². The number of benzene rings is 1. The number of hydrogen-bond donors (Lipinski definition) is 1. The average Bonchev–Trinajstić information content (AvgIpc) is 2.89. The molecule has 110 valence electrons. The van der Waals surface area contributed by atoms with Crippen LogP contribution in [0.2, 0.25) is 0 Å². The minimum atomic E-state index is -0.130. The van der Waals surface area contributed by atoms with Gasteiger partial charge in [0, 0.05) is 25.2 Å². The van der Waals surface area contributed by atoms with Crippen molar-refractivity contribution in [1.29, 1.82) is 0 Å². The van der Waals surface area contributed by atoms with Gasteiger partial charge in [0.25, 0.3) is 0 Å². The Morgan fingerprint density at radius 2 is 2.30 bits per heavy atom. The maximum Gasteiger partial charge on any atom is 0.127 e. The fourth-order valence-electron chi connectivity index (χ4n) is 3.63. The lowest BCUT2D eigenvalue weighted by atomic mass is 9.79. The third kappa shape index (κ3) is 2.81. The summed E-state index contributed by atoms with van der Waals surface area (Å²) in [5.74, 6) is 0.602. The molecule has 1 atom stereocenters. The van der Waals surface area contributed by atoms with Gasteiger partial charge >= 0.3 is 0 Å².